The van der Waals surface area contributed by atoms with Crippen molar-refractivity contribution in [3.63, 3.8) is 0 Å². The highest BCUT2D eigenvalue weighted by Crippen LogP contribution is 2.36. The Labute approximate surface area is 254 Å². The van der Waals surface area contributed by atoms with E-state index in [9.17, 15) is 14.4 Å². The van der Waals surface area contributed by atoms with Crippen LogP contribution in [0.3, 0.4) is 0 Å². The van der Waals surface area contributed by atoms with Crippen molar-refractivity contribution in [1.29, 1.82) is 0 Å². The van der Waals surface area contributed by atoms with E-state index in [1.165, 1.54) is 0 Å². The number of fused-ring (bicyclic) bond motifs is 1. The number of anilines is 1. The van der Waals surface area contributed by atoms with E-state index < -0.39 is 11.5 Å². The van der Waals surface area contributed by atoms with Gasteiger partial charge in [0, 0.05) is 44.5 Å². The quantitative estimate of drug-likeness (QED) is 0.426. The maximum Gasteiger partial charge on any atom is 0.243 e. The second kappa shape index (κ2) is 14.7. The summed E-state index contributed by atoms with van der Waals surface area (Å²) >= 11 is 0. The smallest absolute Gasteiger partial charge is 0.243 e. The second-order valence-electron chi connectivity index (χ2n) is 11.9. The molecule has 3 N–H and O–H groups in total. The van der Waals surface area contributed by atoms with E-state index >= 15 is 0 Å². The molecular formula is C34H44N4O5. The predicted octanol–water partition coefficient (Wildman–Crippen LogP) is 3.70. The third-order valence-electron chi connectivity index (χ3n) is 8.91. The number of allylic oxidation sites excluding steroid dienone is 2. The largest absolute Gasteiger partial charge is 0.494 e. The average Bonchev–Trinajstić information content (AvgIpc) is 3.01. The first kappa shape index (κ1) is 30.8. The minimum Gasteiger partial charge on any atom is -0.494 e. The Balaban J connectivity index is 1.28. The minimum absolute atomic E-state index is 0.0470. The van der Waals surface area contributed by atoms with E-state index in [1.54, 1.807) is 0 Å². The Morgan fingerprint density at radius 2 is 1.81 bits per heavy atom. The van der Waals surface area contributed by atoms with Crippen LogP contribution in [0.25, 0.3) is 0 Å². The van der Waals surface area contributed by atoms with Gasteiger partial charge in [0.1, 0.15) is 11.8 Å². The summed E-state index contributed by atoms with van der Waals surface area (Å²) in [5, 5.41) is 9.43. The number of benzene rings is 2. The fourth-order valence-electron chi connectivity index (χ4n) is 6.40. The number of ether oxygens (including phenoxy) is 2. The maximum absolute atomic E-state index is 13.8. The Bertz CT molecular complexity index is 1260. The summed E-state index contributed by atoms with van der Waals surface area (Å²) in [4.78, 5) is 42.6. The highest BCUT2D eigenvalue weighted by molar-refractivity contribution is 5.92. The van der Waals surface area contributed by atoms with Gasteiger partial charge in [-0.3, -0.25) is 19.3 Å². The molecule has 0 aliphatic carbocycles. The van der Waals surface area contributed by atoms with Crippen LogP contribution in [0.4, 0.5) is 5.69 Å². The lowest BCUT2D eigenvalue weighted by Gasteiger charge is -2.40. The Kier molecular flexibility index (Phi) is 10.5. The number of likely N-dealkylation sites (tertiary alicyclic amines) is 1. The van der Waals surface area contributed by atoms with Crippen LogP contribution in [0, 0.1) is 11.3 Å². The van der Waals surface area contributed by atoms with E-state index in [4.69, 9.17) is 9.47 Å². The van der Waals surface area contributed by atoms with Gasteiger partial charge >= 0.3 is 0 Å². The number of hydrogen-bond donors (Lipinski definition) is 3. The molecule has 9 nitrogen and oxygen atoms in total. The van der Waals surface area contributed by atoms with Crippen LogP contribution in [-0.4, -0.2) is 74.2 Å². The van der Waals surface area contributed by atoms with Crippen LogP contribution in [0.1, 0.15) is 44.6 Å². The fourth-order valence-corrected chi connectivity index (χ4v) is 6.40. The molecule has 3 aliphatic heterocycles. The Hall–Kier alpha value is -3.69. The van der Waals surface area contributed by atoms with Crippen LogP contribution in [0.15, 0.2) is 66.7 Å². The van der Waals surface area contributed by atoms with Crippen molar-refractivity contribution in [1.82, 2.24) is 15.5 Å². The van der Waals surface area contributed by atoms with Gasteiger partial charge in [0.05, 0.1) is 18.6 Å². The molecular weight excluding hydrogens is 544 g/mol. The average molecular weight is 589 g/mol. The van der Waals surface area contributed by atoms with E-state index in [-0.39, 0.29) is 36.2 Å². The van der Waals surface area contributed by atoms with Gasteiger partial charge < -0.3 is 25.4 Å². The predicted molar refractivity (Wildman–Crippen MR) is 166 cm³/mol. The lowest BCUT2D eigenvalue weighted by molar-refractivity contribution is -0.140. The molecule has 3 aliphatic rings. The number of nitrogens with one attached hydrogen (secondary N) is 3. The van der Waals surface area contributed by atoms with E-state index in [0.717, 1.165) is 29.8 Å². The first-order chi connectivity index (χ1) is 20.9. The molecule has 0 saturated carbocycles. The SMILES string of the molecule is CCOc1ccc(NC(=O)CN2CC[C@H]3NC(=O)[C@@H](Cc4ccccc4)NC(=O)C4(C/C=C/C[C@H]3C2)CCOCC4)cc1. The topological polar surface area (TPSA) is 109 Å². The van der Waals surface area contributed by atoms with Gasteiger partial charge in [-0.25, -0.2) is 0 Å². The Morgan fingerprint density at radius 3 is 2.56 bits per heavy atom. The maximum atomic E-state index is 13.8. The van der Waals surface area contributed by atoms with Crippen molar-refractivity contribution in [2.24, 2.45) is 11.3 Å². The molecule has 9 heteroatoms. The van der Waals surface area contributed by atoms with Crippen molar-refractivity contribution < 1.29 is 23.9 Å². The van der Waals surface area contributed by atoms with Crippen molar-refractivity contribution in [2.45, 2.75) is 57.5 Å². The monoisotopic (exact) mass is 588 g/mol. The third kappa shape index (κ3) is 8.24. The number of amides is 3. The van der Waals surface area contributed by atoms with Crippen molar-refractivity contribution in [3.05, 3.63) is 72.3 Å². The van der Waals surface area contributed by atoms with Gasteiger partial charge in [0.2, 0.25) is 17.7 Å². The molecule has 0 bridgehead atoms. The summed E-state index contributed by atoms with van der Waals surface area (Å²) in [5.74, 6) is 0.629. The highest BCUT2D eigenvalue weighted by Gasteiger charge is 2.41. The number of piperidine rings is 1. The van der Waals surface area contributed by atoms with Crippen LogP contribution in [-0.2, 0) is 25.5 Å². The number of hydrogen-bond acceptors (Lipinski definition) is 6. The van der Waals surface area contributed by atoms with Crippen molar-refractivity contribution in [2.75, 3.05) is 44.8 Å². The first-order valence-corrected chi connectivity index (χ1v) is 15.6. The van der Waals surface area contributed by atoms with E-state index in [2.05, 4.69) is 33.0 Å². The third-order valence-corrected chi connectivity index (χ3v) is 8.91. The lowest BCUT2D eigenvalue weighted by Crippen LogP contribution is -2.58. The van der Waals surface area contributed by atoms with Crippen LogP contribution >= 0.6 is 0 Å². The summed E-state index contributed by atoms with van der Waals surface area (Å²) in [6, 6.07) is 16.5. The fraction of sp³-hybridized carbons (Fsp3) is 0.500. The zero-order valence-electron chi connectivity index (χ0n) is 25.1. The number of carbonyl (C=O) groups is 3. The highest BCUT2D eigenvalue weighted by atomic mass is 16.5. The lowest BCUT2D eigenvalue weighted by atomic mass is 9.75. The molecule has 3 amide bonds. The molecule has 0 unspecified atom stereocenters. The summed E-state index contributed by atoms with van der Waals surface area (Å²) in [6.45, 7) is 5.28. The van der Waals surface area contributed by atoms with Crippen LogP contribution in [0.5, 0.6) is 5.75 Å². The molecule has 3 atom stereocenters. The summed E-state index contributed by atoms with van der Waals surface area (Å²) in [6.07, 6.45) is 8.09. The van der Waals surface area contributed by atoms with Crippen LogP contribution < -0.4 is 20.7 Å². The van der Waals surface area contributed by atoms with Gasteiger partial charge in [-0.1, -0.05) is 42.5 Å². The standard InChI is InChI=1S/C34H44N4O5/c1-2-43-28-13-11-27(12-14-28)35-31(39)24-38-19-15-29-26(23-38)10-6-7-16-34(17-20-42-21-18-34)33(41)37-30(32(40)36-29)22-25-8-4-3-5-9-25/h3-9,11-14,26,29-30H,2,10,15-24H2,1H3,(H,35,39)(H,36,40)(H,37,41)/b7-6+/t26-,29+,30+/m0/s1. The molecule has 2 fully saturated rings. The van der Waals surface area contributed by atoms with Gasteiger partial charge in [0.15, 0.2) is 0 Å². The zero-order chi connectivity index (χ0) is 30.1. The first-order valence-electron chi connectivity index (χ1n) is 15.6. The molecule has 0 aromatic heterocycles. The molecule has 230 valence electrons. The number of rotatable bonds is 7. The van der Waals surface area contributed by atoms with Crippen LogP contribution in [0.2, 0.25) is 0 Å². The number of carbonyl (C=O) groups excluding carboxylic acids is 3. The molecule has 5 rings (SSSR count). The van der Waals surface area contributed by atoms with Crippen molar-refractivity contribution >= 4 is 23.4 Å². The number of nitrogens with zero attached hydrogens (tertiary/aromatic N) is 1. The van der Waals surface area contributed by atoms with Crippen molar-refractivity contribution in [3.8, 4) is 5.75 Å². The van der Waals surface area contributed by atoms with Gasteiger partial charge in [-0.15, -0.1) is 0 Å². The summed E-state index contributed by atoms with van der Waals surface area (Å²) in [5.41, 5.74) is 1.15. The summed E-state index contributed by atoms with van der Waals surface area (Å²) in [7, 11) is 0. The second-order valence-corrected chi connectivity index (χ2v) is 11.9. The van der Waals surface area contributed by atoms with E-state index in [0.29, 0.717) is 58.6 Å². The molecule has 43 heavy (non-hydrogen) atoms. The summed E-state index contributed by atoms with van der Waals surface area (Å²) < 4.78 is 11.1. The Morgan fingerprint density at radius 1 is 1.05 bits per heavy atom. The molecule has 2 aromatic carbocycles. The molecule has 2 saturated heterocycles. The normalized spacial score (nSPS) is 25.3. The van der Waals surface area contributed by atoms with E-state index in [1.807, 2.05) is 61.5 Å². The minimum atomic E-state index is -0.670. The molecule has 1 spiro atoms. The zero-order valence-corrected chi connectivity index (χ0v) is 25.1. The molecule has 0 radical (unpaired) electrons. The molecule has 2 aromatic rings. The van der Waals surface area contributed by atoms with Gasteiger partial charge in [0.25, 0.3) is 0 Å². The van der Waals surface area contributed by atoms with Gasteiger partial charge in [-0.05, 0) is 74.8 Å². The molecule has 3 heterocycles. The van der Waals surface area contributed by atoms with Gasteiger partial charge in [-0.2, -0.15) is 0 Å².